The van der Waals surface area contributed by atoms with E-state index in [1.165, 1.54) is 5.56 Å². The summed E-state index contributed by atoms with van der Waals surface area (Å²) in [5.41, 5.74) is 7.30. The van der Waals surface area contributed by atoms with Crippen LogP contribution in [0.3, 0.4) is 0 Å². The van der Waals surface area contributed by atoms with Crippen molar-refractivity contribution >= 4 is 0 Å². The minimum Gasteiger partial charge on any atom is -0.493 e. The van der Waals surface area contributed by atoms with Crippen molar-refractivity contribution in [3.05, 3.63) is 17.7 Å². The van der Waals surface area contributed by atoms with Crippen LogP contribution in [0, 0.1) is 5.41 Å². The fourth-order valence-corrected chi connectivity index (χ4v) is 2.96. The van der Waals surface area contributed by atoms with Gasteiger partial charge in [-0.05, 0) is 42.6 Å². The maximum absolute atomic E-state index is 5.86. The largest absolute Gasteiger partial charge is 0.493 e. The Bertz CT molecular complexity index is 506. The molecule has 2 N–H and O–H groups in total. The van der Waals surface area contributed by atoms with Crippen molar-refractivity contribution in [1.29, 1.82) is 0 Å². The van der Waals surface area contributed by atoms with Gasteiger partial charge in [0.1, 0.15) is 0 Å². The Balaban J connectivity index is 1.76. The number of methoxy groups -OCH3 is 1. The number of nitrogens with zero attached hydrogens (tertiary/aromatic N) is 1. The van der Waals surface area contributed by atoms with Crippen LogP contribution in [0.4, 0.5) is 0 Å². The lowest BCUT2D eigenvalue weighted by Gasteiger charge is -2.22. The molecule has 1 fully saturated rings. The van der Waals surface area contributed by atoms with Crippen molar-refractivity contribution in [2.24, 2.45) is 11.1 Å². The molecule has 1 saturated heterocycles. The van der Waals surface area contributed by atoms with Gasteiger partial charge in [-0.2, -0.15) is 0 Å². The second-order valence-electron chi connectivity index (χ2n) is 6.01. The maximum Gasteiger partial charge on any atom is 0.231 e. The van der Waals surface area contributed by atoms with E-state index in [9.17, 15) is 0 Å². The molecule has 0 bridgehead atoms. The predicted octanol–water partition coefficient (Wildman–Crippen LogP) is 1.59. The van der Waals surface area contributed by atoms with Gasteiger partial charge in [-0.3, -0.25) is 4.90 Å². The number of nitrogens with two attached hydrogens (primary N) is 1. The van der Waals surface area contributed by atoms with E-state index in [0.717, 1.165) is 44.1 Å². The van der Waals surface area contributed by atoms with Crippen molar-refractivity contribution in [2.75, 3.05) is 33.5 Å². The van der Waals surface area contributed by atoms with Crippen LogP contribution in [0.5, 0.6) is 17.2 Å². The highest BCUT2D eigenvalue weighted by Crippen LogP contribution is 2.42. The number of benzene rings is 1. The zero-order chi connectivity index (χ0) is 14.2. The third kappa shape index (κ3) is 2.43. The number of rotatable bonds is 4. The molecule has 5 nitrogen and oxygen atoms in total. The molecule has 3 rings (SSSR count). The van der Waals surface area contributed by atoms with Crippen molar-refractivity contribution in [2.45, 2.75) is 19.9 Å². The highest BCUT2D eigenvalue weighted by molar-refractivity contribution is 5.55. The summed E-state index contributed by atoms with van der Waals surface area (Å²) < 4.78 is 16.3. The maximum atomic E-state index is 5.86. The number of likely N-dealkylation sites (tertiary alicyclic amines) is 1. The molecule has 0 aliphatic carbocycles. The summed E-state index contributed by atoms with van der Waals surface area (Å²) in [6.45, 7) is 6.29. The summed E-state index contributed by atoms with van der Waals surface area (Å²) >= 11 is 0. The zero-order valence-electron chi connectivity index (χ0n) is 12.1. The Labute approximate surface area is 119 Å². The number of fused-ring (bicyclic) bond motifs is 1. The Morgan fingerprint density at radius 1 is 1.40 bits per heavy atom. The summed E-state index contributed by atoms with van der Waals surface area (Å²) in [5.74, 6) is 2.24. The first kappa shape index (κ1) is 13.5. The van der Waals surface area contributed by atoms with Gasteiger partial charge in [-0.25, -0.2) is 0 Å². The molecule has 20 heavy (non-hydrogen) atoms. The van der Waals surface area contributed by atoms with Crippen LogP contribution >= 0.6 is 0 Å². The Morgan fingerprint density at radius 2 is 2.25 bits per heavy atom. The molecular formula is C15H22N2O3. The third-order valence-electron chi connectivity index (χ3n) is 4.25. The highest BCUT2D eigenvalue weighted by Gasteiger charge is 2.32. The first-order chi connectivity index (χ1) is 9.63. The fourth-order valence-electron chi connectivity index (χ4n) is 2.96. The van der Waals surface area contributed by atoms with Crippen LogP contribution in [-0.2, 0) is 6.54 Å². The van der Waals surface area contributed by atoms with E-state index in [2.05, 4.69) is 11.8 Å². The zero-order valence-corrected chi connectivity index (χ0v) is 12.1. The molecule has 0 aromatic heterocycles. The van der Waals surface area contributed by atoms with E-state index in [1.54, 1.807) is 7.11 Å². The van der Waals surface area contributed by atoms with Gasteiger partial charge in [-0.1, -0.05) is 6.92 Å². The lowest BCUT2D eigenvalue weighted by Crippen LogP contribution is -2.31. The smallest absolute Gasteiger partial charge is 0.231 e. The molecule has 2 heterocycles. The number of hydrogen-bond acceptors (Lipinski definition) is 5. The molecule has 2 aliphatic heterocycles. The molecule has 0 spiro atoms. The van der Waals surface area contributed by atoms with E-state index in [4.69, 9.17) is 19.9 Å². The normalized spacial score (nSPS) is 25.1. The SMILES string of the molecule is COc1cc(CN2CCC(C)(CN)C2)cc2c1OCO2. The number of hydrogen-bond donors (Lipinski definition) is 1. The van der Waals surface area contributed by atoms with Crippen LogP contribution in [0.1, 0.15) is 18.9 Å². The van der Waals surface area contributed by atoms with Gasteiger partial charge >= 0.3 is 0 Å². The Kier molecular flexibility index (Phi) is 3.48. The van der Waals surface area contributed by atoms with Gasteiger partial charge in [0, 0.05) is 13.1 Å². The molecule has 1 unspecified atom stereocenters. The number of ether oxygens (including phenoxy) is 3. The van der Waals surface area contributed by atoms with Crippen molar-refractivity contribution in [3.8, 4) is 17.2 Å². The minimum absolute atomic E-state index is 0.250. The van der Waals surface area contributed by atoms with Crippen molar-refractivity contribution in [3.63, 3.8) is 0 Å². The molecule has 110 valence electrons. The summed E-state index contributed by atoms with van der Waals surface area (Å²) in [4.78, 5) is 2.43. The highest BCUT2D eigenvalue weighted by atomic mass is 16.7. The fraction of sp³-hybridized carbons (Fsp3) is 0.600. The van der Waals surface area contributed by atoms with E-state index >= 15 is 0 Å². The summed E-state index contributed by atoms with van der Waals surface area (Å²) in [6, 6.07) is 4.08. The van der Waals surface area contributed by atoms with Gasteiger partial charge in [0.25, 0.3) is 0 Å². The molecule has 0 amide bonds. The molecule has 1 aromatic rings. The first-order valence-electron chi connectivity index (χ1n) is 7.02. The van der Waals surface area contributed by atoms with Gasteiger partial charge in [0.15, 0.2) is 11.5 Å². The molecular weight excluding hydrogens is 256 g/mol. The standard InChI is InChI=1S/C15H22N2O3/c1-15(8-16)3-4-17(9-15)7-11-5-12(18-2)14-13(6-11)19-10-20-14/h5-6H,3-4,7-10,16H2,1-2H3. The quantitative estimate of drug-likeness (QED) is 0.906. The average Bonchev–Trinajstić information content (AvgIpc) is 3.05. The van der Waals surface area contributed by atoms with E-state index < -0.39 is 0 Å². The van der Waals surface area contributed by atoms with E-state index in [1.807, 2.05) is 12.1 Å². The van der Waals surface area contributed by atoms with Gasteiger partial charge in [-0.15, -0.1) is 0 Å². The van der Waals surface area contributed by atoms with E-state index in [-0.39, 0.29) is 12.2 Å². The lowest BCUT2D eigenvalue weighted by atomic mass is 9.90. The lowest BCUT2D eigenvalue weighted by molar-refractivity contribution is 0.171. The van der Waals surface area contributed by atoms with Crippen molar-refractivity contribution in [1.82, 2.24) is 4.90 Å². The monoisotopic (exact) mass is 278 g/mol. The van der Waals surface area contributed by atoms with Gasteiger partial charge in [0.2, 0.25) is 12.5 Å². The van der Waals surface area contributed by atoms with Crippen LogP contribution in [-0.4, -0.2) is 38.4 Å². The molecule has 2 aliphatic rings. The molecule has 0 radical (unpaired) electrons. The average molecular weight is 278 g/mol. The Hall–Kier alpha value is -1.46. The topological polar surface area (TPSA) is 57.0 Å². The summed E-state index contributed by atoms with van der Waals surface area (Å²) in [5, 5.41) is 0. The molecule has 1 aromatic carbocycles. The summed E-state index contributed by atoms with van der Waals surface area (Å²) in [6.07, 6.45) is 1.16. The van der Waals surface area contributed by atoms with Crippen LogP contribution < -0.4 is 19.9 Å². The first-order valence-corrected chi connectivity index (χ1v) is 7.02. The Morgan fingerprint density at radius 3 is 2.95 bits per heavy atom. The second kappa shape index (κ2) is 5.14. The minimum atomic E-state index is 0.250. The van der Waals surface area contributed by atoms with Crippen LogP contribution in [0.15, 0.2) is 12.1 Å². The van der Waals surface area contributed by atoms with Gasteiger partial charge < -0.3 is 19.9 Å². The summed E-state index contributed by atoms with van der Waals surface area (Å²) in [7, 11) is 1.66. The third-order valence-corrected chi connectivity index (χ3v) is 4.25. The van der Waals surface area contributed by atoms with Gasteiger partial charge in [0.05, 0.1) is 7.11 Å². The van der Waals surface area contributed by atoms with Crippen molar-refractivity contribution < 1.29 is 14.2 Å². The predicted molar refractivity (Wildman–Crippen MR) is 76.2 cm³/mol. The molecule has 0 saturated carbocycles. The van der Waals surface area contributed by atoms with Crippen LogP contribution in [0.25, 0.3) is 0 Å². The molecule has 5 heteroatoms. The van der Waals surface area contributed by atoms with E-state index in [0.29, 0.717) is 5.75 Å². The molecule has 1 atom stereocenters. The van der Waals surface area contributed by atoms with Crippen LogP contribution in [0.2, 0.25) is 0 Å². The second-order valence-corrected chi connectivity index (χ2v) is 6.01.